The van der Waals surface area contributed by atoms with E-state index < -0.39 is 16.4 Å². The quantitative estimate of drug-likeness (QED) is 0.377. The van der Waals surface area contributed by atoms with Crippen molar-refractivity contribution in [3.05, 3.63) is 88.0 Å². The minimum atomic E-state index is -1.58. The number of fused-ring (bicyclic) bond motifs is 5. The van der Waals surface area contributed by atoms with Crippen molar-refractivity contribution in [1.29, 1.82) is 0 Å². The Labute approximate surface area is 245 Å². The fourth-order valence-electron chi connectivity index (χ4n) is 6.60. The van der Waals surface area contributed by atoms with Gasteiger partial charge in [0.15, 0.2) is 0 Å². The molecule has 6 rings (SSSR count). The van der Waals surface area contributed by atoms with Crippen LogP contribution < -0.4 is 35.2 Å². The molecule has 0 saturated heterocycles. The molecule has 0 saturated carbocycles. The number of hydrogen-bond acceptors (Lipinski definition) is 1. The molecule has 0 bridgehead atoms. The molecule has 1 heterocycles. The summed E-state index contributed by atoms with van der Waals surface area (Å²) in [6.07, 6.45) is 3.76. The summed E-state index contributed by atoms with van der Waals surface area (Å²) in [7, 11) is -3.06. The molecule has 3 aromatic rings. The molecule has 0 aromatic heterocycles. The minimum Gasteiger partial charge on any atom is -1.00 e. The van der Waals surface area contributed by atoms with E-state index in [1.165, 1.54) is 27.8 Å². The van der Waals surface area contributed by atoms with E-state index in [1.54, 1.807) is 51.8 Å². The maximum atomic E-state index is 6.54. The third-order valence-electron chi connectivity index (χ3n) is 7.88. The second kappa shape index (κ2) is 9.78. The van der Waals surface area contributed by atoms with Crippen LogP contribution in [0.2, 0.25) is 32.7 Å². The second-order valence-corrected chi connectivity index (χ2v) is 22.0. The van der Waals surface area contributed by atoms with Crippen molar-refractivity contribution in [3.8, 4) is 11.1 Å². The molecular weight excluding hydrogens is 595 g/mol. The van der Waals surface area contributed by atoms with Crippen LogP contribution in [-0.4, -0.2) is 22.5 Å². The van der Waals surface area contributed by atoms with Gasteiger partial charge in [0.2, 0.25) is 0 Å². The first kappa shape index (κ1) is 28.3. The van der Waals surface area contributed by atoms with Crippen LogP contribution in [0.1, 0.15) is 50.7 Å². The van der Waals surface area contributed by atoms with E-state index >= 15 is 0 Å². The van der Waals surface area contributed by atoms with E-state index in [0.717, 1.165) is 6.42 Å². The van der Waals surface area contributed by atoms with E-state index in [9.17, 15) is 0 Å². The van der Waals surface area contributed by atoms with Gasteiger partial charge in [0.1, 0.15) is 0 Å². The first-order chi connectivity index (χ1) is 16.1. The van der Waals surface area contributed by atoms with Crippen LogP contribution in [0, 0.1) is 0 Å². The molecule has 0 fully saturated rings. The molecule has 0 amide bonds. The van der Waals surface area contributed by atoms with E-state index in [-0.39, 0.29) is 30.9 Å². The Bertz CT molecular complexity index is 1380. The van der Waals surface area contributed by atoms with Crippen LogP contribution in [0.15, 0.2) is 60.2 Å². The van der Waals surface area contributed by atoms with Crippen molar-refractivity contribution >= 4 is 32.8 Å². The molecule has 36 heavy (non-hydrogen) atoms. The van der Waals surface area contributed by atoms with Gasteiger partial charge in [-0.15, -0.1) is 0 Å². The third kappa shape index (κ3) is 4.44. The predicted molar refractivity (Wildman–Crippen MR) is 145 cm³/mol. The Morgan fingerprint density at radius 2 is 1.56 bits per heavy atom. The van der Waals surface area contributed by atoms with Crippen LogP contribution in [-0.2, 0) is 29.1 Å². The van der Waals surface area contributed by atoms with Crippen LogP contribution in [0.3, 0.4) is 0 Å². The Hall–Kier alpha value is -0.743. The van der Waals surface area contributed by atoms with Crippen molar-refractivity contribution in [1.82, 2.24) is 0 Å². The topological polar surface area (TPSA) is 9.23 Å². The summed E-state index contributed by atoms with van der Waals surface area (Å²) in [5.74, 6) is 0.374. The Morgan fingerprint density at radius 1 is 0.917 bits per heavy atom. The Kier molecular flexibility index (Phi) is 7.68. The van der Waals surface area contributed by atoms with E-state index in [1.807, 2.05) is 0 Å². The molecule has 3 unspecified atom stereocenters. The van der Waals surface area contributed by atoms with Gasteiger partial charge in [-0.3, -0.25) is 0 Å². The normalized spacial score (nSPS) is 20.7. The smallest absolute Gasteiger partial charge is 1.00 e. The Morgan fingerprint density at radius 3 is 2.25 bits per heavy atom. The van der Waals surface area contributed by atoms with Crippen LogP contribution in [0.25, 0.3) is 17.2 Å². The molecule has 3 atom stereocenters. The molecule has 185 valence electrons. The third-order valence-corrected chi connectivity index (χ3v) is 13.7. The van der Waals surface area contributed by atoms with E-state index in [0.29, 0.717) is 9.54 Å². The number of hydrogen-bond donors (Lipinski definition) is 0. The maximum absolute atomic E-state index is 6.54. The molecule has 0 radical (unpaired) electrons. The van der Waals surface area contributed by atoms with Crippen molar-refractivity contribution in [2.75, 3.05) is 0 Å². The van der Waals surface area contributed by atoms with Gasteiger partial charge >= 0.3 is 223 Å². The average Bonchev–Trinajstić information content (AvgIpc) is 3.03. The second-order valence-electron chi connectivity index (χ2n) is 11.8. The molecule has 3 aliphatic rings. The van der Waals surface area contributed by atoms with Crippen LogP contribution >= 0.6 is 0 Å². The summed E-state index contributed by atoms with van der Waals surface area (Å²) in [6, 6.07) is 20.9. The average molecular weight is 628 g/mol. The minimum absolute atomic E-state index is 0. The van der Waals surface area contributed by atoms with Crippen molar-refractivity contribution in [3.63, 3.8) is 0 Å². The summed E-state index contributed by atoms with van der Waals surface area (Å²) < 4.78 is 7.08. The van der Waals surface area contributed by atoms with Crippen LogP contribution in [0.4, 0.5) is 0 Å². The number of halogens is 2. The van der Waals surface area contributed by atoms with Gasteiger partial charge in [-0.05, 0) is 0 Å². The monoisotopic (exact) mass is 625 g/mol. The molecule has 0 spiro atoms. The van der Waals surface area contributed by atoms with Gasteiger partial charge in [0.05, 0.1) is 0 Å². The van der Waals surface area contributed by atoms with Gasteiger partial charge in [-0.1, -0.05) is 0 Å². The van der Waals surface area contributed by atoms with Crippen molar-refractivity contribution in [2.45, 2.75) is 61.7 Å². The fourth-order valence-corrected chi connectivity index (χ4v) is 12.7. The first-order valence-corrected chi connectivity index (χ1v) is 20.4. The van der Waals surface area contributed by atoms with Gasteiger partial charge in [-0.2, -0.15) is 0 Å². The summed E-state index contributed by atoms with van der Waals surface area (Å²) in [6.45, 7) is 14.3. The zero-order valence-electron chi connectivity index (χ0n) is 21.9. The first-order valence-electron chi connectivity index (χ1n) is 12.6. The van der Waals surface area contributed by atoms with Gasteiger partial charge in [0, 0.05) is 0 Å². The van der Waals surface area contributed by atoms with Crippen molar-refractivity contribution in [2.24, 2.45) is 0 Å². The number of rotatable bonds is 5. The van der Waals surface area contributed by atoms with Gasteiger partial charge in [0.25, 0.3) is 0 Å². The summed E-state index contributed by atoms with van der Waals surface area (Å²) in [5.41, 5.74) is 12.3. The molecular formula is C30H33Cl2OSi2Zr. The fraction of sp³-hybridized carbons (Fsp3) is 0.333. The largest absolute Gasteiger partial charge is 1.00 e. The van der Waals surface area contributed by atoms with E-state index in [4.69, 9.17) is 4.43 Å². The van der Waals surface area contributed by atoms with Gasteiger partial charge < -0.3 is 24.8 Å². The Balaban J connectivity index is 0.00000152. The molecule has 3 aromatic carbocycles. The zero-order chi connectivity index (χ0) is 24.0. The summed E-state index contributed by atoms with van der Waals surface area (Å²) in [5, 5.41) is 3.44. The van der Waals surface area contributed by atoms with Gasteiger partial charge in [-0.25, -0.2) is 0 Å². The summed E-state index contributed by atoms with van der Waals surface area (Å²) >= 11 is 1.60. The molecule has 1 nitrogen and oxygen atoms in total. The molecule has 1 aliphatic heterocycles. The SMILES string of the molecule is CC(CC1=Cc2ccccc2C1c1c2c(cc3c1[Si]3(C)C)-c1ccccc1[CH]2[Zr+2])O[Si](C)(C)C.[Cl-].[Cl-]. The standard InChI is InChI=1S/C30H33OSi2.2ClH.Zr/c1-19(31-32(2,3)4)15-22-16-20-11-8-10-14-24(20)28(22)29-26-17-21-12-7-9-13-23(21)25(26)18-27-30(29)33(27,5)6;;;/h7-14,16-19,28H,15H2,1-6H3;2*1H;/q;;;+2/p-2. The van der Waals surface area contributed by atoms with Crippen LogP contribution in [0.5, 0.6) is 0 Å². The molecule has 2 aliphatic carbocycles. The molecule has 0 N–H and O–H groups in total. The van der Waals surface area contributed by atoms with Crippen molar-refractivity contribution < 1.29 is 54.0 Å². The number of benzene rings is 3. The molecule has 6 heteroatoms. The zero-order valence-corrected chi connectivity index (χ0v) is 27.8. The summed E-state index contributed by atoms with van der Waals surface area (Å²) in [4.78, 5) is 0. The van der Waals surface area contributed by atoms with E-state index in [2.05, 4.69) is 100 Å². The maximum Gasteiger partial charge on any atom is -1.00 e. The predicted octanol–water partition coefficient (Wildman–Crippen LogP) is 0.606.